The van der Waals surface area contributed by atoms with E-state index in [-0.39, 0.29) is 29.6 Å². The van der Waals surface area contributed by atoms with Crippen LogP contribution >= 0.6 is 0 Å². The van der Waals surface area contributed by atoms with Crippen molar-refractivity contribution in [1.82, 2.24) is 0 Å². The molecular weight excluding hydrogens is 135 g/mol. The van der Waals surface area contributed by atoms with Crippen LogP contribution in [0.25, 0.3) is 0 Å². The van der Waals surface area contributed by atoms with Crippen molar-refractivity contribution in [2.75, 3.05) is 0 Å². The van der Waals surface area contributed by atoms with Crippen molar-refractivity contribution in [3.05, 3.63) is 11.8 Å². The fourth-order valence-electron chi connectivity index (χ4n) is 0.705. The van der Waals surface area contributed by atoms with E-state index in [1.54, 1.807) is 6.92 Å². The molecule has 0 aliphatic rings. The van der Waals surface area contributed by atoms with E-state index in [0.29, 0.717) is 5.76 Å². The molecule has 0 aliphatic carbocycles. The fourth-order valence-corrected chi connectivity index (χ4v) is 0.705. The molecule has 0 aromatic carbocycles. The summed E-state index contributed by atoms with van der Waals surface area (Å²) < 4.78 is 0. The Labute approximate surface area is 85.8 Å². The average molecular weight is 152 g/mol. The zero-order chi connectivity index (χ0) is 7.11. The summed E-state index contributed by atoms with van der Waals surface area (Å²) in [5, 5.41) is 8.71. The van der Waals surface area contributed by atoms with Gasteiger partial charge in [-0.2, -0.15) is 0 Å². The minimum absolute atomic E-state index is 0. The zero-order valence-corrected chi connectivity index (χ0v) is 6.35. The third-order valence-corrected chi connectivity index (χ3v) is 1.25. The van der Waals surface area contributed by atoms with Crippen LogP contribution in [0.1, 0.15) is 39.5 Å². The van der Waals surface area contributed by atoms with E-state index in [9.17, 15) is 0 Å². The molecule has 0 unspecified atom stereocenters. The molecule has 0 bridgehead atoms. The van der Waals surface area contributed by atoms with E-state index < -0.39 is 0 Å². The fraction of sp³-hybridized carbons (Fsp3) is 0.750. The van der Waals surface area contributed by atoms with Gasteiger partial charge in [-0.15, -0.1) is 0 Å². The molecule has 0 heterocycles. The normalized spacial score (nSPS) is 10.8. The number of aliphatic hydroxyl groups excluding tert-OH is 1. The van der Waals surface area contributed by atoms with E-state index in [0.717, 1.165) is 6.42 Å². The van der Waals surface area contributed by atoms with Gasteiger partial charge in [0.2, 0.25) is 0 Å². The SMILES string of the molecule is CCCCCC=C(C)O.[NaH]. The quantitative estimate of drug-likeness (QED) is 0.372. The molecule has 0 aromatic heterocycles. The van der Waals surface area contributed by atoms with Gasteiger partial charge in [-0.05, 0) is 25.8 Å². The summed E-state index contributed by atoms with van der Waals surface area (Å²) in [5.41, 5.74) is 0. The average Bonchev–Trinajstić information content (AvgIpc) is 1.80. The van der Waals surface area contributed by atoms with Crippen LogP contribution in [0.5, 0.6) is 0 Å². The molecule has 0 saturated carbocycles. The molecule has 1 N–H and O–H groups in total. The molecular formula is C8H17NaO. The van der Waals surface area contributed by atoms with E-state index >= 15 is 0 Å². The maximum atomic E-state index is 8.71. The molecule has 0 aromatic rings. The molecule has 2 heteroatoms. The standard InChI is InChI=1S/C8H16O.Na.H/c1-3-4-5-6-7-8(2)9;;/h7,9H,3-6H2,1-2H3;;. The predicted molar refractivity (Wildman–Crippen MR) is 47.7 cm³/mol. The Morgan fingerprint density at radius 2 is 2.00 bits per heavy atom. The first-order chi connectivity index (χ1) is 4.27. The third-order valence-electron chi connectivity index (χ3n) is 1.25. The molecule has 0 amide bonds. The predicted octanol–water partition coefficient (Wildman–Crippen LogP) is 2.38. The van der Waals surface area contributed by atoms with E-state index in [1.165, 1.54) is 19.3 Å². The summed E-state index contributed by atoms with van der Waals surface area (Å²) in [7, 11) is 0. The van der Waals surface area contributed by atoms with Crippen molar-refractivity contribution >= 4 is 29.6 Å². The van der Waals surface area contributed by atoms with Crippen LogP contribution in [-0.4, -0.2) is 34.7 Å². The molecule has 56 valence electrons. The van der Waals surface area contributed by atoms with E-state index in [4.69, 9.17) is 5.11 Å². The number of aliphatic hydroxyl groups is 1. The number of allylic oxidation sites excluding steroid dienone is 2. The van der Waals surface area contributed by atoms with Gasteiger partial charge in [0.15, 0.2) is 0 Å². The van der Waals surface area contributed by atoms with Crippen molar-refractivity contribution < 1.29 is 5.11 Å². The van der Waals surface area contributed by atoms with Crippen LogP contribution in [0.2, 0.25) is 0 Å². The summed E-state index contributed by atoms with van der Waals surface area (Å²) in [6.07, 6.45) is 6.61. The van der Waals surface area contributed by atoms with Gasteiger partial charge in [0.1, 0.15) is 0 Å². The van der Waals surface area contributed by atoms with E-state index in [2.05, 4.69) is 6.92 Å². The minimum atomic E-state index is 0. The summed E-state index contributed by atoms with van der Waals surface area (Å²) in [6.45, 7) is 3.89. The van der Waals surface area contributed by atoms with Crippen LogP contribution < -0.4 is 0 Å². The number of unbranched alkanes of at least 4 members (excludes halogenated alkanes) is 3. The van der Waals surface area contributed by atoms with Gasteiger partial charge < -0.3 is 5.11 Å². The zero-order valence-electron chi connectivity index (χ0n) is 6.35. The first-order valence-electron chi connectivity index (χ1n) is 3.63. The molecule has 0 aliphatic heterocycles. The second-order valence-electron chi connectivity index (χ2n) is 2.34. The molecule has 1 nitrogen and oxygen atoms in total. The second kappa shape index (κ2) is 9.54. The summed E-state index contributed by atoms with van der Waals surface area (Å²) in [6, 6.07) is 0. The third kappa shape index (κ3) is 11.4. The number of rotatable bonds is 4. The van der Waals surface area contributed by atoms with Gasteiger partial charge in [-0.25, -0.2) is 0 Å². The van der Waals surface area contributed by atoms with Gasteiger partial charge in [-0.1, -0.05) is 19.8 Å². The topological polar surface area (TPSA) is 20.2 Å². The Kier molecular flexibility index (Phi) is 12.5. The van der Waals surface area contributed by atoms with Gasteiger partial charge in [0, 0.05) is 0 Å². The molecule has 0 fully saturated rings. The van der Waals surface area contributed by atoms with Crippen LogP contribution in [0.4, 0.5) is 0 Å². The Morgan fingerprint density at radius 1 is 1.40 bits per heavy atom. The number of hydrogen-bond donors (Lipinski definition) is 1. The van der Waals surface area contributed by atoms with Crippen LogP contribution in [-0.2, 0) is 0 Å². The Balaban J connectivity index is 0. The monoisotopic (exact) mass is 152 g/mol. The molecule has 0 rings (SSSR count). The molecule has 10 heavy (non-hydrogen) atoms. The van der Waals surface area contributed by atoms with Crippen LogP contribution in [0, 0.1) is 0 Å². The van der Waals surface area contributed by atoms with Crippen molar-refractivity contribution in [1.29, 1.82) is 0 Å². The van der Waals surface area contributed by atoms with E-state index in [1.807, 2.05) is 6.08 Å². The van der Waals surface area contributed by atoms with Crippen LogP contribution in [0.15, 0.2) is 11.8 Å². The Hall–Kier alpha value is 0.540. The van der Waals surface area contributed by atoms with Crippen LogP contribution in [0.3, 0.4) is 0 Å². The molecule has 0 radical (unpaired) electrons. The van der Waals surface area contributed by atoms with Gasteiger partial charge in [-0.3, -0.25) is 0 Å². The van der Waals surface area contributed by atoms with Crippen molar-refractivity contribution in [3.8, 4) is 0 Å². The van der Waals surface area contributed by atoms with Gasteiger partial charge in [0.05, 0.1) is 5.76 Å². The molecule has 0 atom stereocenters. The first-order valence-corrected chi connectivity index (χ1v) is 3.63. The van der Waals surface area contributed by atoms with Gasteiger partial charge >= 0.3 is 29.6 Å². The summed E-state index contributed by atoms with van der Waals surface area (Å²) in [5.74, 6) is 0.450. The summed E-state index contributed by atoms with van der Waals surface area (Å²) >= 11 is 0. The first kappa shape index (κ1) is 13.2. The van der Waals surface area contributed by atoms with Crippen molar-refractivity contribution in [2.24, 2.45) is 0 Å². The Bertz CT molecular complexity index is 85.3. The maximum absolute atomic E-state index is 8.71. The van der Waals surface area contributed by atoms with Crippen molar-refractivity contribution in [3.63, 3.8) is 0 Å². The second-order valence-corrected chi connectivity index (χ2v) is 2.34. The summed E-state index contributed by atoms with van der Waals surface area (Å²) in [4.78, 5) is 0. The van der Waals surface area contributed by atoms with Crippen molar-refractivity contribution in [2.45, 2.75) is 39.5 Å². The molecule has 0 spiro atoms. The molecule has 0 saturated heterocycles. The number of hydrogen-bond acceptors (Lipinski definition) is 1. The Morgan fingerprint density at radius 3 is 2.40 bits per heavy atom. The van der Waals surface area contributed by atoms with Gasteiger partial charge in [0.25, 0.3) is 0 Å².